The summed E-state index contributed by atoms with van der Waals surface area (Å²) in [5.74, 6) is -1.00. The van der Waals surface area contributed by atoms with Gasteiger partial charge in [0.25, 0.3) is 0 Å². The van der Waals surface area contributed by atoms with Crippen molar-refractivity contribution >= 4 is 52.7 Å². The predicted octanol–water partition coefficient (Wildman–Crippen LogP) is 4.67. The third kappa shape index (κ3) is 5.79. The lowest BCUT2D eigenvalue weighted by atomic mass is 10.1. The monoisotopic (exact) mass is 469 g/mol. The van der Waals surface area contributed by atoms with Crippen molar-refractivity contribution in [2.24, 2.45) is 5.16 Å². The van der Waals surface area contributed by atoms with Crippen LogP contribution in [0, 0.1) is 5.82 Å². The maximum atomic E-state index is 14.6. The van der Waals surface area contributed by atoms with Crippen LogP contribution in [0.5, 0.6) is 0 Å². The van der Waals surface area contributed by atoms with E-state index in [9.17, 15) is 18.3 Å². The number of nitrogens with one attached hydrogen (secondary N) is 1. The number of ether oxygens (including phenoxy) is 1. The van der Waals surface area contributed by atoms with E-state index < -0.39 is 11.9 Å². The number of aromatic nitrogens is 2. The van der Waals surface area contributed by atoms with Crippen LogP contribution < -0.4 is 11.1 Å². The zero-order chi connectivity index (χ0) is 23.0. The molecular weight excluding hydrogens is 448 g/mol. The first-order valence-corrected chi connectivity index (χ1v) is 11.1. The highest BCUT2D eigenvalue weighted by Gasteiger charge is 2.21. The van der Waals surface area contributed by atoms with Crippen molar-refractivity contribution in [1.82, 2.24) is 14.3 Å². The predicted molar refractivity (Wildman–Crippen MR) is 122 cm³/mol. The van der Waals surface area contributed by atoms with Crippen LogP contribution in [-0.2, 0) is 4.74 Å². The van der Waals surface area contributed by atoms with Gasteiger partial charge >= 0.3 is 6.09 Å². The maximum absolute atomic E-state index is 14.6. The number of nitrogens with two attached hydrogens (primary N) is 1. The van der Waals surface area contributed by atoms with Crippen molar-refractivity contribution < 1.29 is 23.0 Å². The van der Waals surface area contributed by atoms with Crippen molar-refractivity contribution in [1.29, 1.82) is 0 Å². The van der Waals surface area contributed by atoms with Gasteiger partial charge < -0.3 is 15.7 Å². The van der Waals surface area contributed by atoms with Gasteiger partial charge in [0.05, 0.1) is 17.7 Å². The Hall–Kier alpha value is -2.99. The highest BCUT2D eigenvalue weighted by atomic mass is 32.2. The SMILES string of the molecule is CCOC(=O)N/C(=N\O)c1cn(SF)c2cc(F)c(-c3ccc(N)cc3)nc12.CSC. The number of alkyl carbamates (subject to hydrolysis) is 1. The summed E-state index contributed by atoms with van der Waals surface area (Å²) >= 11 is 1.55. The van der Waals surface area contributed by atoms with Crippen LogP contribution in [0.2, 0.25) is 0 Å². The Morgan fingerprint density at radius 1 is 1.35 bits per heavy atom. The molecule has 0 spiro atoms. The Morgan fingerprint density at radius 2 is 2.00 bits per heavy atom. The number of thioether (sulfide) groups is 1. The number of benzene rings is 1. The van der Waals surface area contributed by atoms with E-state index in [0.29, 0.717) is 11.3 Å². The highest BCUT2D eigenvalue weighted by Crippen LogP contribution is 2.30. The number of carbonyl (C=O) groups excluding carboxylic acids is 1. The number of amides is 1. The van der Waals surface area contributed by atoms with Crippen LogP contribution in [0.15, 0.2) is 41.7 Å². The first-order valence-electron chi connectivity index (χ1n) is 8.83. The summed E-state index contributed by atoms with van der Waals surface area (Å²) in [7, 11) is 0. The molecule has 3 aromatic rings. The molecule has 0 atom stereocenters. The molecule has 12 heteroatoms. The summed E-state index contributed by atoms with van der Waals surface area (Å²) in [6, 6.07) is 7.46. The number of oxime groups is 1. The maximum Gasteiger partial charge on any atom is 0.412 e. The average molecular weight is 470 g/mol. The topological polar surface area (TPSA) is 115 Å². The number of nitrogen functional groups attached to an aromatic ring is 1. The molecule has 31 heavy (non-hydrogen) atoms. The van der Waals surface area contributed by atoms with E-state index in [-0.39, 0.29) is 47.1 Å². The fourth-order valence-electron chi connectivity index (χ4n) is 2.58. The average Bonchev–Trinajstić information content (AvgIpc) is 3.10. The molecule has 3 rings (SSSR count). The number of fused-ring (bicyclic) bond motifs is 1. The summed E-state index contributed by atoms with van der Waals surface area (Å²) in [5.41, 5.74) is 6.86. The van der Waals surface area contributed by atoms with Gasteiger partial charge in [-0.1, -0.05) is 17.3 Å². The van der Waals surface area contributed by atoms with Crippen LogP contribution in [0.4, 0.5) is 18.8 Å². The molecule has 166 valence electrons. The lowest BCUT2D eigenvalue weighted by molar-refractivity contribution is 0.157. The van der Waals surface area contributed by atoms with E-state index in [4.69, 9.17) is 10.5 Å². The number of hydrogen-bond acceptors (Lipinski definition) is 8. The number of hydrogen-bond donors (Lipinski definition) is 3. The van der Waals surface area contributed by atoms with Gasteiger partial charge in [0.2, 0.25) is 0 Å². The van der Waals surface area contributed by atoms with E-state index >= 15 is 0 Å². The van der Waals surface area contributed by atoms with Crippen LogP contribution in [-0.4, -0.2) is 45.2 Å². The molecule has 4 N–H and O–H groups in total. The second kappa shape index (κ2) is 11.4. The number of halogens is 2. The first-order chi connectivity index (χ1) is 14.9. The van der Waals surface area contributed by atoms with Gasteiger partial charge in [-0.3, -0.25) is 9.29 Å². The van der Waals surface area contributed by atoms with E-state index in [1.165, 1.54) is 6.20 Å². The van der Waals surface area contributed by atoms with Gasteiger partial charge in [0, 0.05) is 23.5 Å². The molecule has 0 unspecified atom stereocenters. The summed E-state index contributed by atoms with van der Waals surface area (Å²) in [4.78, 5) is 15.9. The molecular formula is C19H21F2N5O3S2. The van der Waals surface area contributed by atoms with Crippen LogP contribution in [0.3, 0.4) is 0 Å². The number of amidine groups is 1. The number of carbonyl (C=O) groups is 1. The Balaban J connectivity index is 0.00000107. The molecule has 0 saturated carbocycles. The van der Waals surface area contributed by atoms with Crippen molar-refractivity contribution in [2.75, 3.05) is 24.9 Å². The van der Waals surface area contributed by atoms with Gasteiger partial charge in [-0.2, -0.15) is 11.8 Å². The second-order valence-corrected chi connectivity index (χ2v) is 7.30. The molecule has 0 bridgehead atoms. The number of rotatable bonds is 4. The summed E-state index contributed by atoms with van der Waals surface area (Å²) < 4.78 is 33.7. The second-order valence-electron chi connectivity index (χ2n) is 5.95. The highest BCUT2D eigenvalue weighted by molar-refractivity contribution is 7.97. The largest absolute Gasteiger partial charge is 0.450 e. The molecule has 0 saturated heterocycles. The molecule has 0 aliphatic carbocycles. The summed E-state index contributed by atoms with van der Waals surface area (Å²) in [5, 5.41) is 14.6. The molecule has 0 fully saturated rings. The fourth-order valence-corrected chi connectivity index (χ4v) is 2.94. The molecule has 1 amide bonds. The zero-order valence-electron chi connectivity index (χ0n) is 16.9. The zero-order valence-corrected chi connectivity index (χ0v) is 18.6. The fraction of sp³-hybridized carbons (Fsp3) is 0.211. The van der Waals surface area contributed by atoms with Gasteiger partial charge in [0.1, 0.15) is 11.2 Å². The molecule has 0 aliphatic heterocycles. The van der Waals surface area contributed by atoms with Crippen LogP contribution in [0.1, 0.15) is 12.5 Å². The van der Waals surface area contributed by atoms with Crippen molar-refractivity contribution in [3.05, 3.63) is 47.9 Å². The van der Waals surface area contributed by atoms with Gasteiger partial charge in [0.15, 0.2) is 24.0 Å². The van der Waals surface area contributed by atoms with E-state index in [2.05, 4.69) is 15.5 Å². The molecule has 0 radical (unpaired) electrons. The lowest BCUT2D eigenvalue weighted by Crippen LogP contribution is -2.31. The molecule has 8 nitrogen and oxygen atoms in total. The quantitative estimate of drug-likeness (QED) is 0.167. The standard InChI is InChI=1S/C17H15F2N5O3S.C2H6S/c1-2-27-17(25)22-16(23-26)11-8-24(28-19)13-7-12(18)14(21-15(11)13)9-3-5-10(20)6-4-9;1-3-2/h3-8,26H,2,20H2,1H3,(H,22,23,25);1-2H3. The van der Waals surface area contributed by atoms with Gasteiger partial charge in [-0.15, -0.1) is 3.89 Å². The van der Waals surface area contributed by atoms with Crippen molar-refractivity contribution in [2.45, 2.75) is 6.92 Å². The number of nitrogens with zero attached hydrogens (tertiary/aromatic N) is 3. The summed E-state index contributed by atoms with van der Waals surface area (Å²) in [6.45, 7) is 1.70. The smallest absolute Gasteiger partial charge is 0.412 e. The molecule has 2 heterocycles. The van der Waals surface area contributed by atoms with Crippen LogP contribution in [0.25, 0.3) is 22.3 Å². The minimum Gasteiger partial charge on any atom is -0.450 e. The molecule has 2 aromatic heterocycles. The van der Waals surface area contributed by atoms with Crippen LogP contribution >= 0.6 is 24.1 Å². The number of anilines is 1. The minimum absolute atomic E-state index is 0.0104. The third-order valence-electron chi connectivity index (χ3n) is 3.80. The Bertz CT molecular complexity index is 1070. The molecule has 1 aromatic carbocycles. The third-order valence-corrected chi connectivity index (χ3v) is 4.26. The Morgan fingerprint density at radius 3 is 2.55 bits per heavy atom. The lowest BCUT2D eigenvalue weighted by Gasteiger charge is -2.07. The van der Waals surface area contributed by atoms with Gasteiger partial charge in [-0.05, 0) is 31.6 Å². The first kappa shape index (κ1) is 24.3. The van der Waals surface area contributed by atoms with E-state index in [0.717, 1.165) is 10.0 Å². The minimum atomic E-state index is -0.870. The Kier molecular flexibility index (Phi) is 8.94. The molecule has 0 aliphatic rings. The summed E-state index contributed by atoms with van der Waals surface area (Å²) in [6.07, 6.45) is 4.43. The van der Waals surface area contributed by atoms with E-state index in [1.807, 2.05) is 12.5 Å². The van der Waals surface area contributed by atoms with E-state index in [1.54, 1.807) is 43.0 Å². The number of pyridine rings is 1. The normalized spacial score (nSPS) is 11.1. The van der Waals surface area contributed by atoms with Gasteiger partial charge in [-0.25, -0.2) is 14.2 Å². The Labute approximate surface area is 186 Å². The van der Waals surface area contributed by atoms with Crippen molar-refractivity contribution in [3.63, 3.8) is 0 Å². The van der Waals surface area contributed by atoms with Crippen molar-refractivity contribution in [3.8, 4) is 11.3 Å².